The van der Waals surface area contributed by atoms with Crippen molar-refractivity contribution in [3.8, 4) is 0 Å². The summed E-state index contributed by atoms with van der Waals surface area (Å²) in [6.07, 6.45) is 3.82. The van der Waals surface area contributed by atoms with Gasteiger partial charge in [0.15, 0.2) is 5.78 Å². The summed E-state index contributed by atoms with van der Waals surface area (Å²) in [7, 11) is 1.65. The lowest BCUT2D eigenvalue weighted by molar-refractivity contribution is -0.0448. The number of carbonyl (C=O) groups is 1. The Labute approximate surface area is 109 Å². The number of ether oxygens (including phenoxy) is 1. The van der Waals surface area contributed by atoms with E-state index in [1.165, 1.54) is 5.56 Å². The van der Waals surface area contributed by atoms with Gasteiger partial charge in [-0.3, -0.25) is 4.79 Å². The molecular weight excluding hydrogens is 224 g/mol. The average molecular weight is 246 g/mol. The van der Waals surface area contributed by atoms with E-state index < -0.39 is 5.60 Å². The zero-order valence-corrected chi connectivity index (χ0v) is 11.5. The maximum absolute atomic E-state index is 12.5. The number of hydrogen-bond donors (Lipinski definition) is 0. The summed E-state index contributed by atoms with van der Waals surface area (Å²) < 4.78 is 5.46. The van der Waals surface area contributed by atoms with Crippen molar-refractivity contribution in [3.05, 3.63) is 35.4 Å². The summed E-state index contributed by atoms with van der Waals surface area (Å²) in [5, 5.41) is 0. The third-order valence-electron chi connectivity index (χ3n) is 3.80. The van der Waals surface area contributed by atoms with Crippen LogP contribution in [0.4, 0.5) is 0 Å². The van der Waals surface area contributed by atoms with E-state index in [1.807, 2.05) is 18.2 Å². The lowest BCUT2D eigenvalue weighted by Gasteiger charge is -2.38. The molecule has 2 heteroatoms. The molecule has 1 fully saturated rings. The highest BCUT2D eigenvalue weighted by Crippen LogP contribution is 2.38. The van der Waals surface area contributed by atoms with Crippen LogP contribution in [0.5, 0.6) is 0 Å². The molecule has 0 bridgehead atoms. The first-order valence-electron chi connectivity index (χ1n) is 6.76. The highest BCUT2D eigenvalue weighted by Gasteiger charge is 2.44. The smallest absolute Gasteiger partial charge is 0.194 e. The molecule has 1 aromatic carbocycles. The van der Waals surface area contributed by atoms with E-state index in [9.17, 15) is 4.79 Å². The number of ketones is 1. The fraction of sp³-hybridized carbons (Fsp3) is 0.562. The van der Waals surface area contributed by atoms with Crippen LogP contribution in [0.3, 0.4) is 0 Å². The maximum atomic E-state index is 12.5. The number of hydrogen-bond acceptors (Lipinski definition) is 2. The summed E-state index contributed by atoms with van der Waals surface area (Å²) >= 11 is 0. The van der Waals surface area contributed by atoms with Crippen LogP contribution in [-0.4, -0.2) is 18.5 Å². The molecule has 0 aromatic heterocycles. The summed E-state index contributed by atoms with van der Waals surface area (Å²) in [6, 6.07) is 8.01. The van der Waals surface area contributed by atoms with Crippen molar-refractivity contribution in [2.75, 3.05) is 7.11 Å². The van der Waals surface area contributed by atoms with Gasteiger partial charge >= 0.3 is 0 Å². The van der Waals surface area contributed by atoms with E-state index in [-0.39, 0.29) is 5.78 Å². The van der Waals surface area contributed by atoms with Gasteiger partial charge in [0.2, 0.25) is 0 Å². The number of rotatable bonds is 5. The molecule has 0 saturated heterocycles. The molecule has 0 spiro atoms. The minimum absolute atomic E-state index is 0.154. The number of Topliss-reactive ketones (excluding diaryl/α,β-unsaturated/α-hetero) is 1. The van der Waals surface area contributed by atoms with Crippen LogP contribution in [-0.2, 0) is 11.2 Å². The summed E-state index contributed by atoms with van der Waals surface area (Å²) in [4.78, 5) is 12.5. The fourth-order valence-corrected chi connectivity index (χ4v) is 2.60. The Morgan fingerprint density at radius 3 is 2.61 bits per heavy atom. The summed E-state index contributed by atoms with van der Waals surface area (Å²) in [5.41, 5.74) is 1.51. The van der Waals surface area contributed by atoms with Crippen LogP contribution in [0, 0.1) is 5.92 Å². The molecule has 0 aliphatic heterocycles. The molecule has 98 valence electrons. The molecule has 2 nitrogen and oxygen atoms in total. The molecule has 1 aliphatic rings. The van der Waals surface area contributed by atoms with Gasteiger partial charge in [0, 0.05) is 12.7 Å². The third kappa shape index (κ3) is 2.49. The van der Waals surface area contributed by atoms with Crippen LogP contribution in [0.1, 0.15) is 49.0 Å². The molecule has 0 N–H and O–H groups in total. The quantitative estimate of drug-likeness (QED) is 0.741. The van der Waals surface area contributed by atoms with Crippen molar-refractivity contribution in [3.63, 3.8) is 0 Å². The molecule has 2 rings (SSSR count). The lowest BCUT2D eigenvalue weighted by atomic mass is 9.74. The SMILES string of the molecule is COC1(C(=O)c2cccc(CC(C)C)c2)CCC1. The van der Waals surface area contributed by atoms with Gasteiger partial charge in [-0.25, -0.2) is 0 Å². The van der Waals surface area contributed by atoms with Crippen molar-refractivity contribution in [1.29, 1.82) is 0 Å². The van der Waals surface area contributed by atoms with Gasteiger partial charge in [0.1, 0.15) is 5.60 Å². The van der Waals surface area contributed by atoms with Crippen molar-refractivity contribution in [2.45, 2.75) is 45.1 Å². The second kappa shape index (κ2) is 5.23. The topological polar surface area (TPSA) is 26.3 Å². The van der Waals surface area contributed by atoms with Gasteiger partial charge in [0.25, 0.3) is 0 Å². The van der Waals surface area contributed by atoms with Crippen molar-refractivity contribution in [1.82, 2.24) is 0 Å². The molecule has 0 radical (unpaired) electrons. The predicted molar refractivity (Wildman–Crippen MR) is 72.9 cm³/mol. The van der Waals surface area contributed by atoms with Crippen LogP contribution in [0.2, 0.25) is 0 Å². The van der Waals surface area contributed by atoms with Gasteiger partial charge in [-0.2, -0.15) is 0 Å². The highest BCUT2D eigenvalue weighted by molar-refractivity contribution is 6.03. The average Bonchev–Trinajstić information content (AvgIpc) is 2.27. The Kier molecular flexibility index (Phi) is 3.86. The van der Waals surface area contributed by atoms with Gasteiger partial charge in [0.05, 0.1) is 0 Å². The number of benzene rings is 1. The van der Waals surface area contributed by atoms with Gasteiger partial charge in [-0.15, -0.1) is 0 Å². The number of methoxy groups -OCH3 is 1. The molecule has 0 unspecified atom stereocenters. The first kappa shape index (κ1) is 13.3. The standard InChI is InChI=1S/C16H22O2/c1-12(2)10-13-6-4-7-14(11-13)15(17)16(18-3)8-5-9-16/h4,6-7,11-12H,5,8-10H2,1-3H3. The Hall–Kier alpha value is -1.15. The van der Waals surface area contributed by atoms with E-state index in [1.54, 1.807) is 7.11 Å². The fourth-order valence-electron chi connectivity index (χ4n) is 2.60. The van der Waals surface area contributed by atoms with Gasteiger partial charge in [-0.1, -0.05) is 32.0 Å². The maximum Gasteiger partial charge on any atom is 0.194 e. The molecule has 1 saturated carbocycles. The highest BCUT2D eigenvalue weighted by atomic mass is 16.5. The summed E-state index contributed by atoms with van der Waals surface area (Å²) in [6.45, 7) is 4.38. The van der Waals surface area contributed by atoms with E-state index in [0.717, 1.165) is 31.2 Å². The lowest BCUT2D eigenvalue weighted by Crippen LogP contribution is -2.47. The summed E-state index contributed by atoms with van der Waals surface area (Å²) in [5.74, 6) is 0.761. The molecule has 1 aliphatic carbocycles. The first-order valence-corrected chi connectivity index (χ1v) is 6.76. The molecular formula is C16H22O2. The Morgan fingerprint density at radius 2 is 2.11 bits per heavy atom. The minimum Gasteiger partial charge on any atom is -0.370 e. The van der Waals surface area contributed by atoms with Crippen LogP contribution < -0.4 is 0 Å². The molecule has 0 atom stereocenters. The van der Waals surface area contributed by atoms with Crippen LogP contribution in [0.25, 0.3) is 0 Å². The van der Waals surface area contributed by atoms with E-state index >= 15 is 0 Å². The monoisotopic (exact) mass is 246 g/mol. The third-order valence-corrected chi connectivity index (χ3v) is 3.80. The van der Waals surface area contributed by atoms with E-state index in [2.05, 4.69) is 19.9 Å². The normalized spacial score (nSPS) is 17.6. The Balaban J connectivity index is 2.20. The number of carbonyl (C=O) groups excluding carboxylic acids is 1. The van der Waals surface area contributed by atoms with Crippen LogP contribution >= 0.6 is 0 Å². The molecule has 18 heavy (non-hydrogen) atoms. The molecule has 1 aromatic rings. The molecule has 0 heterocycles. The van der Waals surface area contributed by atoms with Gasteiger partial charge < -0.3 is 4.74 Å². The Morgan fingerprint density at radius 1 is 1.39 bits per heavy atom. The van der Waals surface area contributed by atoms with Crippen molar-refractivity contribution in [2.24, 2.45) is 5.92 Å². The second-order valence-electron chi connectivity index (χ2n) is 5.68. The molecule has 0 amide bonds. The predicted octanol–water partition coefficient (Wildman–Crippen LogP) is 3.64. The zero-order valence-electron chi connectivity index (χ0n) is 11.5. The first-order chi connectivity index (χ1) is 8.57. The van der Waals surface area contributed by atoms with E-state index in [0.29, 0.717) is 5.92 Å². The van der Waals surface area contributed by atoms with Gasteiger partial charge in [-0.05, 0) is 43.2 Å². The minimum atomic E-state index is -0.531. The Bertz CT molecular complexity index is 425. The van der Waals surface area contributed by atoms with Crippen LogP contribution in [0.15, 0.2) is 24.3 Å². The second-order valence-corrected chi connectivity index (χ2v) is 5.68. The van der Waals surface area contributed by atoms with Crippen molar-refractivity contribution >= 4 is 5.78 Å². The van der Waals surface area contributed by atoms with Crippen molar-refractivity contribution < 1.29 is 9.53 Å². The van der Waals surface area contributed by atoms with E-state index in [4.69, 9.17) is 4.74 Å². The largest absolute Gasteiger partial charge is 0.370 e. The zero-order chi connectivity index (χ0) is 13.2.